The van der Waals surface area contributed by atoms with Crippen LogP contribution < -0.4 is 14.8 Å². The average molecular weight is 401 g/mol. The largest absolute Gasteiger partial charge is 0.495 e. The van der Waals surface area contributed by atoms with E-state index in [9.17, 15) is 13.2 Å². The molecule has 2 N–H and O–H groups in total. The number of nitrogens with one attached hydrogen (secondary N) is 2. The van der Waals surface area contributed by atoms with Crippen molar-refractivity contribution < 1.29 is 17.9 Å². The lowest BCUT2D eigenvalue weighted by atomic mass is 9.87. The molecule has 0 heterocycles. The third-order valence-corrected chi connectivity index (χ3v) is 6.83. The highest BCUT2D eigenvalue weighted by Crippen LogP contribution is 2.31. The number of ether oxygens (including phenoxy) is 1. The summed E-state index contributed by atoms with van der Waals surface area (Å²) in [6.45, 7) is 0. The summed E-state index contributed by atoms with van der Waals surface area (Å²) in [6, 6.07) is 12.6. The van der Waals surface area contributed by atoms with Gasteiger partial charge in [0.15, 0.2) is 0 Å². The molecule has 0 radical (unpaired) electrons. The standard InChI is InChI=1S/C21H24N2O4S/c1-27-19-12-9-15(13-20(19)28(25,26)23-16-10-11-16)21(24)22-18-8-4-6-14-5-2-3-7-17(14)18/h2-3,5,7,9,12-13,16,18,23H,4,6,8,10-11H2,1H3,(H,22,24)/t18-/m1/s1. The Labute approximate surface area is 165 Å². The molecule has 28 heavy (non-hydrogen) atoms. The lowest BCUT2D eigenvalue weighted by Crippen LogP contribution is -2.31. The molecule has 2 aromatic rings. The van der Waals surface area contributed by atoms with Gasteiger partial charge in [-0.05, 0) is 61.4 Å². The van der Waals surface area contributed by atoms with E-state index in [2.05, 4.69) is 16.1 Å². The van der Waals surface area contributed by atoms with Gasteiger partial charge < -0.3 is 10.1 Å². The molecule has 1 amide bonds. The van der Waals surface area contributed by atoms with Crippen LogP contribution in [-0.4, -0.2) is 27.5 Å². The molecule has 0 bridgehead atoms. The number of aryl methyl sites for hydroxylation is 1. The Kier molecular flexibility index (Phi) is 5.12. The van der Waals surface area contributed by atoms with Crippen LogP contribution in [0.5, 0.6) is 5.75 Å². The first-order chi connectivity index (χ1) is 13.5. The monoisotopic (exact) mass is 400 g/mol. The maximum absolute atomic E-state index is 12.9. The van der Waals surface area contributed by atoms with E-state index in [1.54, 1.807) is 6.07 Å². The van der Waals surface area contributed by atoms with Crippen LogP contribution in [0.4, 0.5) is 0 Å². The predicted molar refractivity (Wildman–Crippen MR) is 106 cm³/mol. The van der Waals surface area contributed by atoms with E-state index in [1.165, 1.54) is 24.8 Å². The minimum atomic E-state index is -3.73. The number of benzene rings is 2. The molecule has 1 fully saturated rings. The first-order valence-electron chi connectivity index (χ1n) is 9.57. The van der Waals surface area contributed by atoms with Crippen LogP contribution in [0.25, 0.3) is 0 Å². The summed E-state index contributed by atoms with van der Waals surface area (Å²) in [4.78, 5) is 12.9. The van der Waals surface area contributed by atoms with Gasteiger partial charge in [-0.2, -0.15) is 0 Å². The molecule has 148 valence electrons. The number of amides is 1. The van der Waals surface area contributed by atoms with Crippen LogP contribution in [0.1, 0.15) is 53.2 Å². The second-order valence-electron chi connectivity index (χ2n) is 7.38. The Bertz CT molecular complexity index is 999. The zero-order valence-electron chi connectivity index (χ0n) is 15.8. The van der Waals surface area contributed by atoms with Crippen LogP contribution in [0.2, 0.25) is 0 Å². The Morgan fingerprint density at radius 1 is 1.11 bits per heavy atom. The topological polar surface area (TPSA) is 84.5 Å². The van der Waals surface area contributed by atoms with Gasteiger partial charge in [0.25, 0.3) is 5.91 Å². The van der Waals surface area contributed by atoms with E-state index in [0.717, 1.165) is 37.7 Å². The van der Waals surface area contributed by atoms with Gasteiger partial charge in [0, 0.05) is 11.6 Å². The van der Waals surface area contributed by atoms with Gasteiger partial charge in [-0.1, -0.05) is 24.3 Å². The Morgan fingerprint density at radius 3 is 2.64 bits per heavy atom. The highest BCUT2D eigenvalue weighted by molar-refractivity contribution is 7.89. The van der Waals surface area contributed by atoms with Crippen molar-refractivity contribution in [2.45, 2.75) is 49.1 Å². The fourth-order valence-corrected chi connectivity index (χ4v) is 5.16. The fraction of sp³-hybridized carbons (Fsp3) is 0.381. The number of hydrogen-bond donors (Lipinski definition) is 2. The second-order valence-corrected chi connectivity index (χ2v) is 9.06. The molecule has 0 aromatic heterocycles. The van der Waals surface area contributed by atoms with E-state index < -0.39 is 10.0 Å². The molecular weight excluding hydrogens is 376 g/mol. The normalized spacial score (nSPS) is 19.0. The number of rotatable bonds is 6. The van der Waals surface area contributed by atoms with Crippen molar-refractivity contribution in [3.63, 3.8) is 0 Å². The summed E-state index contributed by atoms with van der Waals surface area (Å²) < 4.78 is 33.2. The fourth-order valence-electron chi connectivity index (χ4n) is 3.66. The highest BCUT2D eigenvalue weighted by Gasteiger charge is 2.30. The number of carbonyl (C=O) groups is 1. The van der Waals surface area contributed by atoms with E-state index in [-0.39, 0.29) is 28.6 Å². The van der Waals surface area contributed by atoms with Crippen LogP contribution in [0.15, 0.2) is 47.4 Å². The van der Waals surface area contributed by atoms with Gasteiger partial charge in [0.2, 0.25) is 10.0 Å². The number of hydrogen-bond acceptors (Lipinski definition) is 4. The van der Waals surface area contributed by atoms with Crippen molar-refractivity contribution in [1.29, 1.82) is 0 Å². The highest BCUT2D eigenvalue weighted by atomic mass is 32.2. The van der Waals surface area contributed by atoms with Crippen LogP contribution in [0.3, 0.4) is 0 Å². The average Bonchev–Trinajstić information content (AvgIpc) is 3.51. The summed E-state index contributed by atoms with van der Waals surface area (Å²) in [5, 5.41) is 3.07. The quantitative estimate of drug-likeness (QED) is 0.781. The smallest absolute Gasteiger partial charge is 0.251 e. The minimum absolute atomic E-state index is 0.00130. The number of carbonyl (C=O) groups excluding carboxylic acids is 1. The molecular formula is C21H24N2O4S. The van der Waals surface area contributed by atoms with Crippen molar-refractivity contribution in [2.75, 3.05) is 7.11 Å². The molecule has 2 aliphatic rings. The van der Waals surface area contributed by atoms with Crippen molar-refractivity contribution in [3.8, 4) is 5.75 Å². The molecule has 0 unspecified atom stereocenters. The molecule has 6 nitrogen and oxygen atoms in total. The van der Waals surface area contributed by atoms with E-state index in [0.29, 0.717) is 5.56 Å². The molecule has 4 rings (SSSR count). The zero-order valence-corrected chi connectivity index (χ0v) is 16.6. The first-order valence-corrected chi connectivity index (χ1v) is 11.1. The van der Waals surface area contributed by atoms with Crippen LogP contribution >= 0.6 is 0 Å². The lowest BCUT2D eigenvalue weighted by molar-refractivity contribution is 0.0932. The molecule has 2 aromatic carbocycles. The van der Waals surface area contributed by atoms with Gasteiger partial charge in [-0.25, -0.2) is 13.1 Å². The van der Waals surface area contributed by atoms with Crippen LogP contribution in [-0.2, 0) is 16.4 Å². The van der Waals surface area contributed by atoms with E-state index in [1.807, 2.05) is 18.2 Å². The SMILES string of the molecule is COc1ccc(C(=O)N[C@@H]2CCCc3ccccc32)cc1S(=O)(=O)NC1CC1. The van der Waals surface area contributed by atoms with Crippen molar-refractivity contribution in [3.05, 3.63) is 59.2 Å². The summed E-state index contributed by atoms with van der Waals surface area (Å²) >= 11 is 0. The number of methoxy groups -OCH3 is 1. The summed E-state index contributed by atoms with van der Waals surface area (Å²) in [5.74, 6) is -0.0556. The minimum Gasteiger partial charge on any atom is -0.495 e. The van der Waals surface area contributed by atoms with Gasteiger partial charge in [-0.3, -0.25) is 4.79 Å². The molecule has 7 heteroatoms. The van der Waals surface area contributed by atoms with Gasteiger partial charge in [-0.15, -0.1) is 0 Å². The lowest BCUT2D eigenvalue weighted by Gasteiger charge is -2.26. The third-order valence-electron chi connectivity index (χ3n) is 5.29. The Balaban J connectivity index is 1.59. The van der Waals surface area contributed by atoms with E-state index in [4.69, 9.17) is 4.74 Å². The maximum atomic E-state index is 12.9. The first kappa shape index (κ1) is 19.0. The molecule has 1 saturated carbocycles. The summed E-state index contributed by atoms with van der Waals surface area (Å²) in [6.07, 6.45) is 4.56. The molecule has 2 aliphatic carbocycles. The summed E-state index contributed by atoms with van der Waals surface area (Å²) in [5.41, 5.74) is 2.70. The zero-order chi connectivity index (χ0) is 19.7. The molecule has 0 aliphatic heterocycles. The predicted octanol–water partition coefficient (Wildman–Crippen LogP) is 2.94. The molecule has 0 saturated heterocycles. The van der Waals surface area contributed by atoms with Crippen LogP contribution in [0, 0.1) is 0 Å². The van der Waals surface area contributed by atoms with Crippen molar-refractivity contribution in [1.82, 2.24) is 10.0 Å². The third kappa shape index (κ3) is 3.91. The molecule has 0 spiro atoms. The Morgan fingerprint density at radius 2 is 1.89 bits per heavy atom. The molecule has 1 atom stereocenters. The summed E-state index contributed by atoms with van der Waals surface area (Å²) in [7, 11) is -2.31. The van der Waals surface area contributed by atoms with Crippen molar-refractivity contribution in [2.24, 2.45) is 0 Å². The maximum Gasteiger partial charge on any atom is 0.251 e. The second kappa shape index (κ2) is 7.56. The van der Waals surface area contributed by atoms with Gasteiger partial charge in [0.1, 0.15) is 10.6 Å². The Hall–Kier alpha value is -2.38. The number of fused-ring (bicyclic) bond motifs is 1. The van der Waals surface area contributed by atoms with Gasteiger partial charge >= 0.3 is 0 Å². The van der Waals surface area contributed by atoms with Crippen molar-refractivity contribution >= 4 is 15.9 Å². The van der Waals surface area contributed by atoms with Gasteiger partial charge in [0.05, 0.1) is 13.2 Å². The number of sulfonamides is 1. The van der Waals surface area contributed by atoms with E-state index >= 15 is 0 Å².